The Hall–Kier alpha value is -0.170. The first-order valence-corrected chi connectivity index (χ1v) is 8.42. The SMILES string of the molecule is CC(C)NCCCS(=O)(=O)N(CCO)C1CCC1. The average Bonchev–Trinajstić information content (AvgIpc) is 2.21. The zero-order chi connectivity index (χ0) is 13.6. The third kappa shape index (κ3) is 4.84. The van der Waals surface area contributed by atoms with Crippen LogP contribution in [0.1, 0.15) is 39.5 Å². The van der Waals surface area contributed by atoms with Crippen molar-refractivity contribution < 1.29 is 13.5 Å². The molecule has 0 aromatic heterocycles. The smallest absolute Gasteiger partial charge is 0.214 e. The highest BCUT2D eigenvalue weighted by atomic mass is 32.2. The molecule has 1 aliphatic carbocycles. The van der Waals surface area contributed by atoms with Gasteiger partial charge in [0.25, 0.3) is 0 Å². The van der Waals surface area contributed by atoms with Crippen LogP contribution >= 0.6 is 0 Å². The number of aliphatic hydroxyl groups excluding tert-OH is 1. The van der Waals surface area contributed by atoms with E-state index >= 15 is 0 Å². The monoisotopic (exact) mass is 278 g/mol. The van der Waals surface area contributed by atoms with Crippen molar-refractivity contribution in [3.8, 4) is 0 Å². The van der Waals surface area contributed by atoms with Crippen molar-refractivity contribution in [3.63, 3.8) is 0 Å². The first-order valence-electron chi connectivity index (χ1n) is 6.81. The summed E-state index contributed by atoms with van der Waals surface area (Å²) in [6, 6.07) is 0.507. The molecular weight excluding hydrogens is 252 g/mol. The van der Waals surface area contributed by atoms with E-state index in [0.29, 0.717) is 19.0 Å². The van der Waals surface area contributed by atoms with Gasteiger partial charge < -0.3 is 10.4 Å². The van der Waals surface area contributed by atoms with Crippen LogP contribution in [-0.4, -0.2) is 55.4 Å². The van der Waals surface area contributed by atoms with Gasteiger partial charge in [0.05, 0.1) is 12.4 Å². The number of hydrogen-bond donors (Lipinski definition) is 2. The van der Waals surface area contributed by atoms with Gasteiger partial charge >= 0.3 is 0 Å². The van der Waals surface area contributed by atoms with Gasteiger partial charge in [-0.05, 0) is 25.8 Å². The van der Waals surface area contributed by atoms with E-state index < -0.39 is 10.0 Å². The second-order valence-corrected chi connectivity index (χ2v) is 7.24. The summed E-state index contributed by atoms with van der Waals surface area (Å²) in [6.45, 7) is 4.95. The molecule has 1 rings (SSSR count). The molecule has 2 N–H and O–H groups in total. The van der Waals surface area contributed by atoms with E-state index in [1.54, 1.807) is 0 Å². The van der Waals surface area contributed by atoms with Crippen molar-refractivity contribution in [2.45, 2.75) is 51.6 Å². The highest BCUT2D eigenvalue weighted by molar-refractivity contribution is 7.89. The molecule has 6 heteroatoms. The number of rotatable bonds is 9. The van der Waals surface area contributed by atoms with Crippen molar-refractivity contribution in [1.29, 1.82) is 0 Å². The average molecular weight is 278 g/mol. The predicted octanol–water partition coefficient (Wildman–Crippen LogP) is 0.551. The zero-order valence-corrected chi connectivity index (χ0v) is 12.2. The molecule has 0 aliphatic heterocycles. The Kier molecular flexibility index (Phi) is 6.55. The van der Waals surface area contributed by atoms with Crippen molar-refractivity contribution >= 4 is 10.0 Å². The molecule has 1 aliphatic rings. The summed E-state index contributed by atoms with van der Waals surface area (Å²) >= 11 is 0. The van der Waals surface area contributed by atoms with Crippen LogP contribution in [0.15, 0.2) is 0 Å². The van der Waals surface area contributed by atoms with E-state index in [2.05, 4.69) is 5.32 Å². The molecule has 0 aromatic carbocycles. The van der Waals surface area contributed by atoms with E-state index in [9.17, 15) is 8.42 Å². The minimum atomic E-state index is -3.21. The number of nitrogens with one attached hydrogen (secondary N) is 1. The minimum absolute atomic E-state index is 0.0972. The van der Waals surface area contributed by atoms with Gasteiger partial charge in [0, 0.05) is 18.6 Å². The van der Waals surface area contributed by atoms with E-state index in [1.165, 1.54) is 4.31 Å². The number of nitrogens with zero attached hydrogens (tertiary/aromatic N) is 1. The maximum absolute atomic E-state index is 12.2. The lowest BCUT2D eigenvalue weighted by Crippen LogP contribution is -2.46. The predicted molar refractivity (Wildman–Crippen MR) is 73.0 cm³/mol. The molecule has 0 bridgehead atoms. The fraction of sp³-hybridized carbons (Fsp3) is 1.00. The standard InChI is InChI=1S/C12H26N2O3S/c1-11(2)13-7-4-10-18(16,17)14(8-9-15)12-5-3-6-12/h11-13,15H,3-10H2,1-2H3. The number of hydrogen-bond acceptors (Lipinski definition) is 4. The van der Waals surface area contributed by atoms with E-state index in [1.807, 2.05) is 13.8 Å². The lowest BCUT2D eigenvalue weighted by atomic mass is 9.93. The van der Waals surface area contributed by atoms with Gasteiger partial charge in [0.15, 0.2) is 0 Å². The Morgan fingerprint density at radius 3 is 2.50 bits per heavy atom. The van der Waals surface area contributed by atoms with Crippen molar-refractivity contribution in [2.75, 3.05) is 25.4 Å². The molecule has 18 heavy (non-hydrogen) atoms. The first kappa shape index (κ1) is 15.9. The molecule has 0 unspecified atom stereocenters. The molecule has 108 valence electrons. The molecule has 0 saturated heterocycles. The molecule has 1 saturated carbocycles. The lowest BCUT2D eigenvalue weighted by molar-refractivity contribution is 0.178. The summed E-state index contributed by atoms with van der Waals surface area (Å²) in [7, 11) is -3.21. The molecule has 0 amide bonds. The van der Waals surface area contributed by atoms with Gasteiger partial charge in [-0.3, -0.25) is 0 Å². The molecule has 0 atom stereocenters. The fourth-order valence-electron chi connectivity index (χ4n) is 2.08. The summed E-state index contributed by atoms with van der Waals surface area (Å²) in [4.78, 5) is 0. The third-order valence-corrected chi connectivity index (χ3v) is 5.29. The summed E-state index contributed by atoms with van der Waals surface area (Å²) in [5, 5.41) is 12.2. The van der Waals surface area contributed by atoms with Crippen LogP contribution in [-0.2, 0) is 10.0 Å². The Labute approximate surface area is 111 Å². The van der Waals surface area contributed by atoms with E-state index in [4.69, 9.17) is 5.11 Å². The normalized spacial score (nSPS) is 17.4. The Balaban J connectivity index is 2.43. The van der Waals surface area contributed by atoms with Crippen LogP contribution in [0.4, 0.5) is 0 Å². The molecule has 1 fully saturated rings. The fourth-order valence-corrected chi connectivity index (χ4v) is 3.85. The van der Waals surface area contributed by atoms with Crippen LogP contribution < -0.4 is 5.32 Å². The molecule has 0 spiro atoms. The van der Waals surface area contributed by atoms with Gasteiger partial charge in [-0.2, -0.15) is 4.31 Å². The van der Waals surface area contributed by atoms with Crippen molar-refractivity contribution in [2.24, 2.45) is 0 Å². The highest BCUT2D eigenvalue weighted by Crippen LogP contribution is 2.27. The third-order valence-electron chi connectivity index (χ3n) is 3.29. The first-order chi connectivity index (χ1) is 8.47. The largest absolute Gasteiger partial charge is 0.395 e. The lowest BCUT2D eigenvalue weighted by Gasteiger charge is -2.36. The van der Waals surface area contributed by atoms with Gasteiger partial charge in [0.2, 0.25) is 10.0 Å². The molecule has 0 aromatic rings. The maximum atomic E-state index is 12.2. The van der Waals surface area contributed by atoms with Crippen LogP contribution in [0, 0.1) is 0 Å². The topological polar surface area (TPSA) is 69.6 Å². The Morgan fingerprint density at radius 2 is 2.06 bits per heavy atom. The number of sulfonamides is 1. The Morgan fingerprint density at radius 1 is 1.39 bits per heavy atom. The quantitative estimate of drug-likeness (QED) is 0.604. The summed E-state index contributed by atoms with van der Waals surface area (Å²) in [6.07, 6.45) is 3.58. The zero-order valence-electron chi connectivity index (χ0n) is 11.4. The van der Waals surface area contributed by atoms with E-state index in [-0.39, 0.29) is 24.9 Å². The van der Waals surface area contributed by atoms with Gasteiger partial charge in [-0.1, -0.05) is 20.3 Å². The van der Waals surface area contributed by atoms with Crippen molar-refractivity contribution in [3.05, 3.63) is 0 Å². The van der Waals surface area contributed by atoms with Crippen LogP contribution in [0.5, 0.6) is 0 Å². The molecular formula is C12H26N2O3S. The summed E-state index contributed by atoms with van der Waals surface area (Å²) in [5.41, 5.74) is 0. The van der Waals surface area contributed by atoms with Crippen LogP contribution in [0.3, 0.4) is 0 Å². The summed E-state index contributed by atoms with van der Waals surface area (Å²) < 4.78 is 25.9. The Bertz CT molecular complexity index is 326. The maximum Gasteiger partial charge on any atom is 0.214 e. The second kappa shape index (κ2) is 7.43. The highest BCUT2D eigenvalue weighted by Gasteiger charge is 2.32. The molecule has 5 nitrogen and oxygen atoms in total. The van der Waals surface area contributed by atoms with E-state index in [0.717, 1.165) is 19.3 Å². The van der Waals surface area contributed by atoms with Gasteiger partial charge in [-0.25, -0.2) is 8.42 Å². The van der Waals surface area contributed by atoms with Gasteiger partial charge in [-0.15, -0.1) is 0 Å². The molecule has 0 heterocycles. The number of aliphatic hydroxyl groups is 1. The van der Waals surface area contributed by atoms with Gasteiger partial charge in [0.1, 0.15) is 0 Å². The second-order valence-electron chi connectivity index (χ2n) is 5.20. The van der Waals surface area contributed by atoms with Crippen LogP contribution in [0.2, 0.25) is 0 Å². The molecule has 0 radical (unpaired) electrons. The summed E-state index contributed by atoms with van der Waals surface area (Å²) in [5.74, 6) is 0.170. The van der Waals surface area contributed by atoms with Crippen molar-refractivity contribution in [1.82, 2.24) is 9.62 Å². The minimum Gasteiger partial charge on any atom is -0.395 e. The van der Waals surface area contributed by atoms with Crippen LogP contribution in [0.25, 0.3) is 0 Å².